The van der Waals surface area contributed by atoms with Crippen LogP contribution in [0.2, 0.25) is 0 Å². The largest absolute Gasteiger partial charge is 0.748 e. The number of halogens is 1. The molecule has 1 aliphatic carbocycles. The number of nitrogens with zero attached hydrogens (tertiary/aromatic N) is 3. The highest BCUT2D eigenvalue weighted by Gasteiger charge is 2.14. The molecule has 2 aliphatic rings. The molecule has 0 spiro atoms. The van der Waals surface area contributed by atoms with E-state index >= 15 is 0 Å². The van der Waals surface area contributed by atoms with E-state index in [1.54, 1.807) is 0 Å². The highest BCUT2D eigenvalue weighted by atomic mass is 35.5. The molecule has 1 aliphatic heterocycles. The molecule has 1 aromatic rings. The molecule has 0 aromatic heterocycles. The third-order valence-corrected chi connectivity index (χ3v) is 5.81. The third-order valence-electron chi connectivity index (χ3n) is 5.02. The molecule has 9 nitrogen and oxygen atoms in total. The normalized spacial score (nSPS) is 12.5. The molecule has 3 rings (SSSR count). The fourth-order valence-electron chi connectivity index (χ4n) is 3.33. The van der Waals surface area contributed by atoms with E-state index < -0.39 is 21.8 Å². The van der Waals surface area contributed by atoms with Gasteiger partial charge in [0.05, 0.1) is 16.2 Å². The number of benzene rings is 2. The number of aromatic nitrogens is 1. The van der Waals surface area contributed by atoms with Gasteiger partial charge >= 0.3 is 5.97 Å². The number of hydrogen-bond acceptors (Lipinski definition) is 7. The van der Waals surface area contributed by atoms with Gasteiger partial charge in [0.15, 0.2) is 17.9 Å². The zero-order chi connectivity index (χ0) is 22.6. The highest BCUT2D eigenvalue weighted by Crippen LogP contribution is 2.27. The maximum Gasteiger partial charge on any atom is 0.309 e. The van der Waals surface area contributed by atoms with Crippen molar-refractivity contribution >= 4 is 45.3 Å². The van der Waals surface area contributed by atoms with E-state index in [1.807, 2.05) is 59.8 Å². The Morgan fingerprint density at radius 3 is 2.66 bits per heavy atom. The molecule has 0 saturated heterocycles. The molecule has 0 radical (unpaired) electrons. The van der Waals surface area contributed by atoms with Gasteiger partial charge in [-0.15, -0.1) is 12.4 Å². The number of rotatable bonds is 9. The molecule has 0 bridgehead atoms. The fourth-order valence-corrected chi connectivity index (χ4v) is 3.81. The Morgan fingerprint density at radius 1 is 1.25 bits per heavy atom. The van der Waals surface area contributed by atoms with Crippen LogP contribution in [0.1, 0.15) is 19.8 Å². The summed E-state index contributed by atoms with van der Waals surface area (Å²) in [7, 11) is -2.41. The Bertz CT molecular complexity index is 1240. The second-order valence-electron chi connectivity index (χ2n) is 7.28. The zero-order valence-corrected chi connectivity index (χ0v) is 19.5. The van der Waals surface area contributed by atoms with E-state index in [1.165, 1.54) is 0 Å². The molecular weight excluding hydrogens is 458 g/mol. The minimum absolute atomic E-state index is 0. The summed E-state index contributed by atoms with van der Waals surface area (Å²) in [6.45, 7) is 3.40. The van der Waals surface area contributed by atoms with Crippen molar-refractivity contribution in [3.8, 4) is 11.5 Å². The molecule has 0 unspecified atom stereocenters. The molecule has 32 heavy (non-hydrogen) atoms. The molecular formula is C21H26ClN3O6S. The first-order chi connectivity index (χ1) is 14.7. The van der Waals surface area contributed by atoms with Crippen LogP contribution < -0.4 is 14.8 Å². The minimum atomic E-state index is -4.23. The van der Waals surface area contributed by atoms with E-state index in [-0.39, 0.29) is 25.2 Å². The van der Waals surface area contributed by atoms with Crippen molar-refractivity contribution in [3.05, 3.63) is 41.8 Å². The topological polar surface area (TPSA) is 127 Å². The molecule has 1 N–H and O–H groups in total. The van der Waals surface area contributed by atoms with Gasteiger partial charge in [-0.05, 0) is 31.5 Å². The summed E-state index contributed by atoms with van der Waals surface area (Å²) in [5.41, 5.74) is 2.79. The van der Waals surface area contributed by atoms with Crippen LogP contribution in [0.3, 0.4) is 0 Å². The first-order valence-corrected chi connectivity index (χ1v) is 11.5. The Balaban J connectivity index is 0.00000363. The van der Waals surface area contributed by atoms with E-state index in [9.17, 15) is 17.8 Å². The summed E-state index contributed by atoms with van der Waals surface area (Å²) < 4.78 is 40.5. The van der Waals surface area contributed by atoms with E-state index in [0.29, 0.717) is 42.2 Å². The summed E-state index contributed by atoms with van der Waals surface area (Å²) in [5, 5.41) is 9.70. The van der Waals surface area contributed by atoms with Crippen LogP contribution >= 0.6 is 12.4 Å². The van der Waals surface area contributed by atoms with Crippen LogP contribution in [-0.4, -0.2) is 61.5 Å². The first kappa shape index (κ1) is 25.6. The van der Waals surface area contributed by atoms with Gasteiger partial charge in [0.2, 0.25) is 5.36 Å². The Kier molecular flexibility index (Phi) is 8.59. The summed E-state index contributed by atoms with van der Waals surface area (Å²) in [6.07, 6.45) is 0.280. The molecule has 1 heterocycles. The summed E-state index contributed by atoms with van der Waals surface area (Å²) in [5.74, 6) is -0.679. The molecule has 0 amide bonds. The van der Waals surface area contributed by atoms with Gasteiger partial charge in [-0.25, -0.2) is 18.0 Å². The monoisotopic (exact) mass is 483 g/mol. The minimum Gasteiger partial charge on any atom is -0.748 e. The van der Waals surface area contributed by atoms with Gasteiger partial charge < -0.3 is 19.0 Å². The van der Waals surface area contributed by atoms with Crippen molar-refractivity contribution in [2.75, 3.05) is 37.3 Å². The Labute approximate surface area is 192 Å². The molecule has 174 valence electrons. The van der Waals surface area contributed by atoms with Crippen molar-refractivity contribution in [2.24, 2.45) is 0 Å². The number of carboxylic acid groups (broad SMARTS) is 1. The standard InChI is InChI=1S/C21H25N3O6S.ClH/c1-3-24(10-4-12-31(27,28)29)16-6-8-18-20(14-16)30-19-13-15(5-7-17(19)22-18)23(2)11-9-21(25)26;/h5-8,13-14H,3-4,9-12H2,1-2H3,(H-,25,26,27,28,29);1H. The van der Waals surface area contributed by atoms with Crippen LogP contribution in [0, 0.1) is 0 Å². The summed E-state index contributed by atoms with van der Waals surface area (Å²) in [6, 6.07) is 11.1. The highest BCUT2D eigenvalue weighted by molar-refractivity contribution is 7.85. The van der Waals surface area contributed by atoms with Crippen molar-refractivity contribution in [2.45, 2.75) is 19.8 Å². The lowest BCUT2D eigenvalue weighted by atomic mass is 10.2. The Morgan fingerprint density at radius 2 is 2.00 bits per heavy atom. The lowest BCUT2D eigenvalue weighted by molar-refractivity contribution is -0.136. The van der Waals surface area contributed by atoms with Crippen molar-refractivity contribution < 1.29 is 27.3 Å². The second-order valence-corrected chi connectivity index (χ2v) is 8.80. The van der Waals surface area contributed by atoms with Crippen LogP contribution in [0.4, 0.5) is 5.69 Å². The molecule has 0 saturated carbocycles. The van der Waals surface area contributed by atoms with E-state index in [0.717, 1.165) is 11.0 Å². The predicted molar refractivity (Wildman–Crippen MR) is 123 cm³/mol. The average molecular weight is 484 g/mol. The zero-order valence-electron chi connectivity index (χ0n) is 17.9. The Hall–Kier alpha value is -2.69. The average Bonchev–Trinajstić information content (AvgIpc) is 2.72. The van der Waals surface area contributed by atoms with Gasteiger partial charge in [0.1, 0.15) is 24.7 Å². The smallest absolute Gasteiger partial charge is 0.309 e. The van der Waals surface area contributed by atoms with Crippen LogP contribution in [0.5, 0.6) is 0 Å². The lowest BCUT2D eigenvalue weighted by Crippen LogP contribution is -2.28. The molecule has 11 heteroatoms. The van der Waals surface area contributed by atoms with E-state index in [4.69, 9.17) is 9.52 Å². The fraction of sp³-hybridized carbons (Fsp3) is 0.381. The van der Waals surface area contributed by atoms with Gasteiger partial charge in [-0.2, -0.15) is 0 Å². The number of anilines is 1. The van der Waals surface area contributed by atoms with Crippen LogP contribution in [0.15, 0.2) is 40.8 Å². The van der Waals surface area contributed by atoms with Crippen molar-refractivity contribution in [1.29, 1.82) is 0 Å². The van der Waals surface area contributed by atoms with Gasteiger partial charge in [-0.3, -0.25) is 4.79 Å². The van der Waals surface area contributed by atoms with Crippen LogP contribution in [0.25, 0.3) is 22.6 Å². The van der Waals surface area contributed by atoms with Gasteiger partial charge in [0.25, 0.3) is 0 Å². The summed E-state index contributed by atoms with van der Waals surface area (Å²) >= 11 is 0. The third kappa shape index (κ3) is 6.65. The van der Waals surface area contributed by atoms with Gasteiger partial charge in [0, 0.05) is 36.7 Å². The molecule has 1 aromatic carbocycles. The van der Waals surface area contributed by atoms with Crippen molar-refractivity contribution in [3.63, 3.8) is 0 Å². The lowest BCUT2D eigenvalue weighted by Gasteiger charge is -2.23. The number of aliphatic carboxylic acids is 1. The summed E-state index contributed by atoms with van der Waals surface area (Å²) in [4.78, 5) is 17.4. The van der Waals surface area contributed by atoms with Crippen LogP contribution in [-0.2, 0) is 14.9 Å². The molecule has 0 atom stereocenters. The number of fused-ring (bicyclic) bond motifs is 2. The number of carboxylic acids is 1. The maximum atomic E-state index is 10.9. The maximum absolute atomic E-state index is 10.9. The predicted octanol–water partition coefficient (Wildman–Crippen LogP) is 1.99. The van der Waals surface area contributed by atoms with Gasteiger partial charge in [-0.1, -0.05) is 0 Å². The van der Waals surface area contributed by atoms with E-state index in [2.05, 4.69) is 4.98 Å². The number of hydrogen-bond donors (Lipinski definition) is 1. The SMILES string of the molecule is CCN(CCCS(=O)(=O)[O-])c1ccc2nc3ccc(=[N+](C)CCC(=O)O)cc-3oc2c1.Cl. The molecule has 0 fully saturated rings. The van der Waals surface area contributed by atoms with Crippen molar-refractivity contribution in [1.82, 2.24) is 9.56 Å². The second kappa shape index (κ2) is 10.8. The quantitative estimate of drug-likeness (QED) is 0.278. The first-order valence-electron chi connectivity index (χ1n) is 9.95. The number of carbonyl (C=O) groups is 1.